The molecule has 0 spiro atoms. The van der Waals surface area contributed by atoms with Gasteiger partial charge in [0.15, 0.2) is 0 Å². The molecule has 0 saturated carbocycles. The van der Waals surface area contributed by atoms with E-state index in [9.17, 15) is 4.79 Å². The quantitative estimate of drug-likeness (QED) is 0.823. The molecule has 0 bridgehead atoms. The zero-order valence-corrected chi connectivity index (χ0v) is 10.5. The van der Waals surface area contributed by atoms with Gasteiger partial charge in [-0.3, -0.25) is 4.79 Å². The molecule has 3 nitrogen and oxygen atoms in total. The van der Waals surface area contributed by atoms with Crippen molar-refractivity contribution in [2.75, 3.05) is 13.7 Å². The number of rotatable bonds is 4. The number of nitrogens with one attached hydrogen (secondary N) is 1. The lowest BCUT2D eigenvalue weighted by molar-refractivity contribution is -0.120. The fourth-order valence-corrected chi connectivity index (χ4v) is 1.69. The van der Waals surface area contributed by atoms with E-state index < -0.39 is 5.38 Å². The lowest BCUT2D eigenvalue weighted by Crippen LogP contribution is -2.26. The van der Waals surface area contributed by atoms with Crippen LogP contribution in [0.25, 0.3) is 0 Å². The van der Waals surface area contributed by atoms with Crippen molar-refractivity contribution in [3.63, 3.8) is 0 Å². The van der Waals surface area contributed by atoms with Crippen LogP contribution < -0.4 is 10.1 Å². The molecule has 0 aliphatic heterocycles. The summed E-state index contributed by atoms with van der Waals surface area (Å²) in [5.74, 6) is 0.622. The van der Waals surface area contributed by atoms with Gasteiger partial charge in [-0.05, 0) is 31.0 Å². The summed E-state index contributed by atoms with van der Waals surface area (Å²) < 4.78 is 5.14. The van der Waals surface area contributed by atoms with E-state index in [0.29, 0.717) is 6.54 Å². The molecule has 88 valence electrons. The summed E-state index contributed by atoms with van der Waals surface area (Å²) in [6.07, 6.45) is 0. The van der Waals surface area contributed by atoms with Crippen LogP contribution in [0.4, 0.5) is 0 Å². The Balaban J connectivity index is 2.88. The average molecular weight is 242 g/mol. The topological polar surface area (TPSA) is 38.3 Å². The number of carbonyl (C=O) groups is 1. The number of carbonyl (C=O) groups excluding carboxylic acids is 1. The summed E-state index contributed by atoms with van der Waals surface area (Å²) in [5, 5.41) is 2.04. The van der Waals surface area contributed by atoms with Crippen LogP contribution in [0.2, 0.25) is 0 Å². The Bertz CT molecular complexity index is 379. The van der Waals surface area contributed by atoms with Crippen molar-refractivity contribution < 1.29 is 9.53 Å². The van der Waals surface area contributed by atoms with Crippen molar-refractivity contribution in [1.82, 2.24) is 5.32 Å². The molecule has 0 radical (unpaired) electrons. The second kappa shape index (κ2) is 5.75. The minimum atomic E-state index is -0.649. The molecular weight excluding hydrogens is 226 g/mol. The van der Waals surface area contributed by atoms with Gasteiger partial charge in [-0.1, -0.05) is 12.1 Å². The zero-order chi connectivity index (χ0) is 12.1. The third-order valence-electron chi connectivity index (χ3n) is 2.29. The molecule has 0 aliphatic carbocycles. The number of hydrogen-bond acceptors (Lipinski definition) is 2. The van der Waals surface area contributed by atoms with E-state index in [2.05, 4.69) is 5.32 Å². The summed E-state index contributed by atoms with van der Waals surface area (Å²) in [6, 6.07) is 5.49. The van der Waals surface area contributed by atoms with E-state index in [4.69, 9.17) is 16.3 Å². The molecule has 1 amide bonds. The number of benzene rings is 1. The van der Waals surface area contributed by atoms with Gasteiger partial charge >= 0.3 is 0 Å². The number of alkyl halides is 1. The summed E-state index contributed by atoms with van der Waals surface area (Å²) in [4.78, 5) is 11.5. The summed E-state index contributed by atoms with van der Waals surface area (Å²) in [7, 11) is 1.62. The number of likely N-dealkylation sites (N-methyl/N-ethyl adjacent to an activating group) is 1. The van der Waals surface area contributed by atoms with Crippen molar-refractivity contribution >= 4 is 17.5 Å². The Morgan fingerprint density at radius 1 is 1.56 bits per heavy atom. The molecule has 0 aromatic heterocycles. The zero-order valence-electron chi connectivity index (χ0n) is 9.71. The second-order valence-electron chi connectivity index (χ2n) is 3.49. The predicted octanol–water partition coefficient (Wildman–Crippen LogP) is 2.42. The fourth-order valence-electron chi connectivity index (χ4n) is 1.47. The predicted molar refractivity (Wildman–Crippen MR) is 65.0 cm³/mol. The summed E-state index contributed by atoms with van der Waals surface area (Å²) in [5.41, 5.74) is 1.75. The highest BCUT2D eigenvalue weighted by molar-refractivity contribution is 6.30. The Morgan fingerprint density at radius 3 is 2.75 bits per heavy atom. The van der Waals surface area contributed by atoms with Crippen LogP contribution in [0.15, 0.2) is 18.2 Å². The maximum Gasteiger partial charge on any atom is 0.242 e. The number of halogens is 1. The number of amides is 1. The highest BCUT2D eigenvalue weighted by atomic mass is 35.5. The van der Waals surface area contributed by atoms with Crippen molar-refractivity contribution in [2.45, 2.75) is 19.2 Å². The molecule has 1 aromatic carbocycles. The maximum absolute atomic E-state index is 11.5. The van der Waals surface area contributed by atoms with E-state index in [-0.39, 0.29) is 5.91 Å². The van der Waals surface area contributed by atoms with E-state index in [1.165, 1.54) is 0 Å². The van der Waals surface area contributed by atoms with E-state index in [1.54, 1.807) is 13.2 Å². The minimum absolute atomic E-state index is 0.172. The maximum atomic E-state index is 11.5. The first kappa shape index (κ1) is 12.8. The standard InChI is InChI=1S/C12H16ClNO2/c1-4-14-12(15)11(13)9-5-6-10(16-3)8(2)7-9/h5-7,11H,4H2,1-3H3,(H,14,15). The molecule has 1 rings (SSSR count). The largest absolute Gasteiger partial charge is 0.496 e. The van der Waals surface area contributed by atoms with Crippen LogP contribution in [0.3, 0.4) is 0 Å². The van der Waals surface area contributed by atoms with Gasteiger partial charge in [0.05, 0.1) is 7.11 Å². The van der Waals surface area contributed by atoms with Crippen molar-refractivity contribution in [1.29, 1.82) is 0 Å². The van der Waals surface area contributed by atoms with Gasteiger partial charge in [0.2, 0.25) is 5.91 Å². The van der Waals surface area contributed by atoms with Crippen LogP contribution in [0, 0.1) is 6.92 Å². The monoisotopic (exact) mass is 241 g/mol. The third kappa shape index (κ3) is 2.89. The number of hydrogen-bond donors (Lipinski definition) is 1. The average Bonchev–Trinajstić information content (AvgIpc) is 2.28. The van der Waals surface area contributed by atoms with Gasteiger partial charge in [0, 0.05) is 6.54 Å². The molecule has 0 aliphatic rings. The SMILES string of the molecule is CCNC(=O)C(Cl)c1ccc(OC)c(C)c1. The van der Waals surface area contributed by atoms with Gasteiger partial charge in [-0.2, -0.15) is 0 Å². The fraction of sp³-hybridized carbons (Fsp3) is 0.417. The number of methoxy groups -OCH3 is 1. The Morgan fingerprint density at radius 2 is 2.25 bits per heavy atom. The van der Waals surface area contributed by atoms with Gasteiger partial charge in [0.25, 0.3) is 0 Å². The van der Waals surface area contributed by atoms with Crippen LogP contribution >= 0.6 is 11.6 Å². The van der Waals surface area contributed by atoms with Crippen LogP contribution in [0.5, 0.6) is 5.75 Å². The highest BCUT2D eigenvalue weighted by Crippen LogP contribution is 2.26. The molecule has 0 saturated heterocycles. The highest BCUT2D eigenvalue weighted by Gasteiger charge is 2.17. The van der Waals surface area contributed by atoms with Crippen LogP contribution in [0.1, 0.15) is 23.4 Å². The molecule has 16 heavy (non-hydrogen) atoms. The van der Waals surface area contributed by atoms with Gasteiger partial charge < -0.3 is 10.1 Å². The summed E-state index contributed by atoms with van der Waals surface area (Å²) >= 11 is 6.05. The number of aryl methyl sites for hydroxylation is 1. The smallest absolute Gasteiger partial charge is 0.242 e. The molecule has 1 atom stereocenters. The van der Waals surface area contributed by atoms with E-state index in [0.717, 1.165) is 16.9 Å². The summed E-state index contributed by atoms with van der Waals surface area (Å²) in [6.45, 7) is 4.36. The van der Waals surface area contributed by atoms with E-state index in [1.807, 2.05) is 26.0 Å². The Hall–Kier alpha value is -1.22. The van der Waals surface area contributed by atoms with E-state index >= 15 is 0 Å². The van der Waals surface area contributed by atoms with Crippen LogP contribution in [-0.4, -0.2) is 19.6 Å². The molecule has 1 N–H and O–H groups in total. The second-order valence-corrected chi connectivity index (χ2v) is 3.92. The minimum Gasteiger partial charge on any atom is -0.496 e. The Labute approximate surface area is 101 Å². The molecule has 0 fully saturated rings. The van der Waals surface area contributed by atoms with Crippen molar-refractivity contribution in [3.05, 3.63) is 29.3 Å². The first-order chi connectivity index (χ1) is 7.60. The van der Waals surface area contributed by atoms with Gasteiger partial charge in [-0.25, -0.2) is 0 Å². The molecule has 1 aromatic rings. The molecule has 4 heteroatoms. The van der Waals surface area contributed by atoms with Gasteiger partial charge in [-0.15, -0.1) is 11.6 Å². The third-order valence-corrected chi connectivity index (χ3v) is 2.74. The van der Waals surface area contributed by atoms with Crippen LogP contribution in [-0.2, 0) is 4.79 Å². The lowest BCUT2D eigenvalue weighted by Gasteiger charge is -2.12. The first-order valence-electron chi connectivity index (χ1n) is 5.16. The normalized spacial score (nSPS) is 12.0. The Kier molecular flexibility index (Phi) is 4.62. The van der Waals surface area contributed by atoms with Crippen molar-refractivity contribution in [3.8, 4) is 5.75 Å². The lowest BCUT2D eigenvalue weighted by atomic mass is 10.1. The molecular formula is C12H16ClNO2. The molecule has 0 heterocycles. The first-order valence-corrected chi connectivity index (χ1v) is 5.60. The number of ether oxygens (including phenoxy) is 1. The van der Waals surface area contributed by atoms with Crippen molar-refractivity contribution in [2.24, 2.45) is 0 Å². The van der Waals surface area contributed by atoms with Gasteiger partial charge in [0.1, 0.15) is 11.1 Å². The molecule has 1 unspecified atom stereocenters.